The van der Waals surface area contributed by atoms with E-state index in [1.54, 1.807) is 5.51 Å². The van der Waals surface area contributed by atoms with Crippen LogP contribution in [0.3, 0.4) is 0 Å². The van der Waals surface area contributed by atoms with Crippen LogP contribution in [0.2, 0.25) is 0 Å². The van der Waals surface area contributed by atoms with Gasteiger partial charge in [-0.25, -0.2) is 4.98 Å². The second-order valence-electron chi connectivity index (χ2n) is 0.899. The van der Waals surface area contributed by atoms with Crippen molar-refractivity contribution in [2.45, 2.75) is 0 Å². The van der Waals surface area contributed by atoms with E-state index in [1.165, 1.54) is 11.5 Å². The highest BCUT2D eigenvalue weighted by Crippen LogP contribution is 1.88. The molecule has 3 heteroatoms. The smallest absolute Gasteiger partial charge is 0.216 e. The lowest BCUT2D eigenvalue weighted by Crippen LogP contribution is -1.70. The fourth-order valence-electron chi connectivity index (χ4n) is 0.234. The van der Waals surface area contributed by atoms with Crippen molar-refractivity contribution in [2.24, 2.45) is 0 Å². The van der Waals surface area contributed by atoms with Crippen LogP contribution in [-0.2, 0) is 0 Å². The lowest BCUT2D eigenvalue weighted by molar-refractivity contribution is 1.27. The second-order valence-corrected chi connectivity index (χ2v) is 1.50. The molecule has 7 heavy (non-hydrogen) atoms. The first-order chi connectivity index (χ1) is 3.43. The Morgan fingerprint density at radius 1 is 1.86 bits per heavy atom. The summed E-state index contributed by atoms with van der Waals surface area (Å²) in [5.74, 6) is 2.77. The largest absolute Gasteiger partial charge is 0.216 e. The zero-order chi connectivity index (χ0) is 5.11. The molecule has 0 amide bonds. The standard InChI is InChI=1S/C4H2N2S/c1-2-4-5-3-7-6-4/h1,3H. The minimum Gasteiger partial charge on any atom is -0.216 e. The normalized spacial score (nSPS) is 7.86. The zero-order valence-corrected chi connectivity index (χ0v) is 4.27. The third kappa shape index (κ3) is 0.756. The van der Waals surface area contributed by atoms with Gasteiger partial charge in [0.05, 0.1) is 0 Å². The van der Waals surface area contributed by atoms with Gasteiger partial charge in [-0.15, -0.1) is 6.42 Å². The topological polar surface area (TPSA) is 25.8 Å². The lowest BCUT2D eigenvalue weighted by Gasteiger charge is -1.63. The first kappa shape index (κ1) is 4.28. The Balaban J connectivity index is 3.04. The highest BCUT2D eigenvalue weighted by atomic mass is 32.1. The van der Waals surface area contributed by atoms with Crippen molar-refractivity contribution in [1.29, 1.82) is 0 Å². The van der Waals surface area contributed by atoms with Crippen LogP contribution in [0.15, 0.2) is 5.51 Å². The molecule has 0 saturated carbocycles. The van der Waals surface area contributed by atoms with Gasteiger partial charge in [0, 0.05) is 0 Å². The molecule has 1 aromatic heterocycles. The van der Waals surface area contributed by atoms with Crippen molar-refractivity contribution < 1.29 is 0 Å². The van der Waals surface area contributed by atoms with Gasteiger partial charge >= 0.3 is 0 Å². The zero-order valence-electron chi connectivity index (χ0n) is 3.46. The maximum atomic E-state index is 4.93. The molecule has 0 aliphatic carbocycles. The van der Waals surface area contributed by atoms with E-state index in [4.69, 9.17) is 6.42 Å². The third-order valence-corrected chi connectivity index (χ3v) is 0.968. The van der Waals surface area contributed by atoms with Gasteiger partial charge in [-0.3, -0.25) is 0 Å². The van der Waals surface area contributed by atoms with E-state index in [-0.39, 0.29) is 0 Å². The number of aromatic nitrogens is 2. The molecular weight excluding hydrogens is 108 g/mol. The molecule has 0 bridgehead atoms. The first-order valence-electron chi connectivity index (χ1n) is 1.66. The highest BCUT2D eigenvalue weighted by Gasteiger charge is 1.83. The van der Waals surface area contributed by atoms with Crippen LogP contribution in [0.4, 0.5) is 0 Å². The molecule has 0 fully saturated rings. The molecule has 0 spiro atoms. The van der Waals surface area contributed by atoms with E-state index >= 15 is 0 Å². The maximum absolute atomic E-state index is 4.93. The summed E-state index contributed by atoms with van der Waals surface area (Å²) >= 11 is 1.26. The third-order valence-electron chi connectivity index (χ3n) is 0.490. The van der Waals surface area contributed by atoms with Gasteiger partial charge in [0.25, 0.3) is 0 Å². The van der Waals surface area contributed by atoms with Crippen molar-refractivity contribution in [3.8, 4) is 12.3 Å². The van der Waals surface area contributed by atoms with Crippen molar-refractivity contribution in [3.63, 3.8) is 0 Å². The van der Waals surface area contributed by atoms with Gasteiger partial charge in [-0.05, 0) is 17.5 Å². The molecule has 1 heterocycles. The maximum Gasteiger partial charge on any atom is 0.216 e. The van der Waals surface area contributed by atoms with Crippen LogP contribution >= 0.6 is 11.5 Å². The molecule has 0 aliphatic rings. The van der Waals surface area contributed by atoms with Crippen LogP contribution in [-0.4, -0.2) is 9.36 Å². The van der Waals surface area contributed by atoms with Crippen molar-refractivity contribution in [1.82, 2.24) is 9.36 Å². The van der Waals surface area contributed by atoms with Crippen LogP contribution < -0.4 is 0 Å². The molecule has 1 rings (SSSR count). The van der Waals surface area contributed by atoms with Crippen LogP contribution in [0.5, 0.6) is 0 Å². The quantitative estimate of drug-likeness (QED) is 0.455. The fraction of sp³-hybridized carbons (Fsp3) is 0. The van der Waals surface area contributed by atoms with Gasteiger partial charge in [0.15, 0.2) is 0 Å². The molecular formula is C4H2N2S. The van der Waals surface area contributed by atoms with Gasteiger partial charge in [0.1, 0.15) is 5.51 Å². The summed E-state index contributed by atoms with van der Waals surface area (Å²) in [6, 6.07) is 0. The molecule has 0 unspecified atom stereocenters. The average molecular weight is 110 g/mol. The van der Waals surface area contributed by atoms with Crippen LogP contribution in [0.1, 0.15) is 5.82 Å². The van der Waals surface area contributed by atoms with E-state index in [0.29, 0.717) is 5.82 Å². The number of rotatable bonds is 0. The second kappa shape index (κ2) is 1.71. The summed E-state index contributed by atoms with van der Waals surface area (Å²) in [6.45, 7) is 0. The first-order valence-corrected chi connectivity index (χ1v) is 2.50. The molecule has 0 aliphatic heterocycles. The summed E-state index contributed by atoms with van der Waals surface area (Å²) < 4.78 is 3.73. The van der Waals surface area contributed by atoms with Crippen LogP contribution in [0.25, 0.3) is 0 Å². The van der Waals surface area contributed by atoms with Crippen molar-refractivity contribution in [2.75, 3.05) is 0 Å². The molecule has 1 aromatic rings. The molecule has 0 radical (unpaired) electrons. The Kier molecular flexibility index (Phi) is 1.05. The molecule has 0 atom stereocenters. The summed E-state index contributed by atoms with van der Waals surface area (Å²) in [5, 5.41) is 0. The van der Waals surface area contributed by atoms with Crippen molar-refractivity contribution >= 4 is 11.5 Å². The van der Waals surface area contributed by atoms with E-state index in [0.717, 1.165) is 0 Å². The molecule has 34 valence electrons. The van der Waals surface area contributed by atoms with Gasteiger partial charge in [-0.2, -0.15) is 4.37 Å². The minimum atomic E-state index is 0.477. The van der Waals surface area contributed by atoms with Gasteiger partial charge in [-0.1, -0.05) is 0 Å². The van der Waals surface area contributed by atoms with Crippen molar-refractivity contribution in [3.05, 3.63) is 11.3 Å². The highest BCUT2D eigenvalue weighted by molar-refractivity contribution is 7.03. The molecule has 0 N–H and O–H groups in total. The summed E-state index contributed by atoms with van der Waals surface area (Å²) in [5.41, 5.74) is 1.61. The molecule has 0 saturated heterocycles. The van der Waals surface area contributed by atoms with Gasteiger partial charge in [0.2, 0.25) is 5.82 Å². The Morgan fingerprint density at radius 2 is 2.71 bits per heavy atom. The Morgan fingerprint density at radius 3 is 3.00 bits per heavy atom. The fourth-order valence-corrected chi connectivity index (χ4v) is 0.628. The minimum absolute atomic E-state index is 0.477. The molecule has 2 nitrogen and oxygen atoms in total. The Bertz CT molecular complexity index is 172. The Labute approximate surface area is 45.4 Å². The summed E-state index contributed by atoms with van der Waals surface area (Å²) in [6.07, 6.45) is 4.93. The molecule has 0 aromatic carbocycles. The predicted octanol–water partition coefficient (Wildman–Crippen LogP) is 0.519. The van der Waals surface area contributed by atoms with Gasteiger partial charge < -0.3 is 0 Å². The lowest BCUT2D eigenvalue weighted by atomic mass is 10.7. The van der Waals surface area contributed by atoms with E-state index in [2.05, 4.69) is 15.3 Å². The van der Waals surface area contributed by atoms with E-state index in [9.17, 15) is 0 Å². The predicted molar refractivity (Wildman–Crippen MR) is 27.8 cm³/mol. The number of hydrogen-bond donors (Lipinski definition) is 0. The van der Waals surface area contributed by atoms with Crippen LogP contribution in [0, 0.1) is 12.3 Å². The summed E-state index contributed by atoms with van der Waals surface area (Å²) in [7, 11) is 0. The number of hydrogen-bond acceptors (Lipinski definition) is 3. The van der Waals surface area contributed by atoms with E-state index in [1.807, 2.05) is 0 Å². The SMILES string of the molecule is C#Cc1ncsn1. The monoisotopic (exact) mass is 110 g/mol. The number of terminal acetylenes is 1. The Hall–Kier alpha value is -0.880. The average Bonchev–Trinajstić information content (AvgIpc) is 2.14. The number of nitrogens with zero attached hydrogens (tertiary/aromatic N) is 2. The van der Waals surface area contributed by atoms with E-state index < -0.39 is 0 Å². The summed E-state index contributed by atoms with van der Waals surface area (Å²) in [4.78, 5) is 3.71.